The van der Waals surface area contributed by atoms with Crippen LogP contribution in [0.5, 0.6) is 0 Å². The summed E-state index contributed by atoms with van der Waals surface area (Å²) in [5.74, 6) is 0.783. The van der Waals surface area contributed by atoms with Crippen LogP contribution >= 0.6 is 24.0 Å². The average molecular weight is 360 g/mol. The number of carbonyl (C=O) groups is 1. The molecule has 3 heterocycles. The summed E-state index contributed by atoms with van der Waals surface area (Å²) in [5, 5.41) is 0. The van der Waals surface area contributed by atoms with E-state index in [0.717, 1.165) is 26.9 Å². The average Bonchev–Trinajstić information content (AvgIpc) is 2.98. The van der Waals surface area contributed by atoms with Gasteiger partial charge in [-0.25, -0.2) is 4.98 Å². The largest absolute Gasteiger partial charge is 0.291 e. The Bertz CT molecular complexity index is 918. The zero-order chi connectivity index (χ0) is 17.6. The van der Waals surface area contributed by atoms with Crippen molar-refractivity contribution in [2.45, 2.75) is 45.1 Å². The zero-order valence-electron chi connectivity index (χ0n) is 14.5. The van der Waals surface area contributed by atoms with E-state index in [4.69, 9.17) is 4.98 Å². The highest BCUT2D eigenvalue weighted by atomic mass is 32.1. The summed E-state index contributed by atoms with van der Waals surface area (Å²) >= 11 is 6.26. The molecule has 4 nitrogen and oxygen atoms in total. The molecule has 3 rings (SSSR count). The molecule has 0 fully saturated rings. The van der Waals surface area contributed by atoms with Crippen LogP contribution in [0.1, 0.15) is 32.6 Å². The number of pyridine rings is 1. The number of imidazole rings is 1. The van der Waals surface area contributed by atoms with Gasteiger partial charge in [-0.05, 0) is 45.9 Å². The predicted octanol–water partition coefficient (Wildman–Crippen LogP) is 4.81. The Labute approximate surface area is 151 Å². The number of aromatic nitrogens is 2. The molecule has 0 aliphatic carbocycles. The topological polar surface area (TPSA) is 37.6 Å². The second kappa shape index (κ2) is 5.93. The summed E-state index contributed by atoms with van der Waals surface area (Å²) in [4.78, 5) is 22.1. The number of hydrogen-bond acceptors (Lipinski definition) is 4. The van der Waals surface area contributed by atoms with E-state index in [9.17, 15) is 4.79 Å². The summed E-state index contributed by atoms with van der Waals surface area (Å²) in [7, 11) is 0. The van der Waals surface area contributed by atoms with Gasteiger partial charge in [-0.1, -0.05) is 6.07 Å². The first-order valence-corrected chi connectivity index (χ1v) is 9.04. The number of aryl methyl sites for hydroxylation is 1. The van der Waals surface area contributed by atoms with Crippen molar-refractivity contribution >= 4 is 41.3 Å². The van der Waals surface area contributed by atoms with E-state index >= 15 is 0 Å². The van der Waals surface area contributed by atoms with Crippen molar-refractivity contribution in [3.05, 3.63) is 35.3 Å². The molecular weight excluding hydrogens is 338 g/mol. The van der Waals surface area contributed by atoms with E-state index in [-0.39, 0.29) is 11.4 Å². The maximum absolute atomic E-state index is 12.5. The number of fused-ring (bicyclic) bond motifs is 1. The molecule has 0 aromatic carbocycles. The standard InChI is InChI=1S/C18H21N3OS2/c1-11-10-13(23)16(24-11)15-17(21(12(2)22)18(3,4)5)20-9-7-6-8-14(20)19-15/h6-10,23H,1-5H3. The fourth-order valence-corrected chi connectivity index (χ4v) is 4.38. The Hall–Kier alpha value is -1.79. The molecule has 0 aliphatic rings. The van der Waals surface area contributed by atoms with E-state index in [1.54, 1.807) is 18.3 Å². The van der Waals surface area contributed by atoms with Gasteiger partial charge in [0.05, 0.1) is 4.88 Å². The highest BCUT2D eigenvalue weighted by Gasteiger charge is 2.32. The highest BCUT2D eigenvalue weighted by Crippen LogP contribution is 2.41. The van der Waals surface area contributed by atoms with E-state index < -0.39 is 0 Å². The lowest BCUT2D eigenvalue weighted by Crippen LogP contribution is -2.45. The molecule has 6 heteroatoms. The van der Waals surface area contributed by atoms with Crippen LogP contribution in [0.4, 0.5) is 5.82 Å². The highest BCUT2D eigenvalue weighted by molar-refractivity contribution is 7.80. The summed E-state index contributed by atoms with van der Waals surface area (Å²) in [6.07, 6.45) is 1.95. The van der Waals surface area contributed by atoms with Crippen LogP contribution in [0.3, 0.4) is 0 Å². The van der Waals surface area contributed by atoms with Crippen molar-refractivity contribution in [3.63, 3.8) is 0 Å². The fourth-order valence-electron chi connectivity index (χ4n) is 2.96. The van der Waals surface area contributed by atoms with Gasteiger partial charge in [-0.2, -0.15) is 0 Å². The number of amides is 1. The molecule has 0 N–H and O–H groups in total. The lowest BCUT2D eigenvalue weighted by molar-refractivity contribution is -0.117. The Morgan fingerprint density at radius 1 is 1.33 bits per heavy atom. The number of hydrogen-bond donors (Lipinski definition) is 1. The molecule has 126 valence electrons. The van der Waals surface area contributed by atoms with Gasteiger partial charge in [0.15, 0.2) is 0 Å². The minimum absolute atomic E-state index is 0.0107. The molecule has 0 saturated carbocycles. The Morgan fingerprint density at radius 3 is 2.58 bits per heavy atom. The lowest BCUT2D eigenvalue weighted by atomic mass is 10.1. The third kappa shape index (κ3) is 2.84. The molecule has 0 aliphatic heterocycles. The minimum Gasteiger partial charge on any atom is -0.291 e. The molecule has 0 atom stereocenters. The van der Waals surface area contributed by atoms with Gasteiger partial charge < -0.3 is 0 Å². The fraction of sp³-hybridized carbons (Fsp3) is 0.333. The molecule has 0 saturated heterocycles. The van der Waals surface area contributed by atoms with Gasteiger partial charge >= 0.3 is 0 Å². The smallest absolute Gasteiger partial charge is 0.225 e. The van der Waals surface area contributed by atoms with E-state index in [1.807, 2.05) is 60.5 Å². The number of carbonyl (C=O) groups excluding carboxylic acids is 1. The summed E-state index contributed by atoms with van der Waals surface area (Å²) in [6.45, 7) is 9.74. The van der Waals surface area contributed by atoms with E-state index in [2.05, 4.69) is 19.6 Å². The van der Waals surface area contributed by atoms with Crippen molar-refractivity contribution in [2.24, 2.45) is 0 Å². The number of nitrogens with zero attached hydrogens (tertiary/aromatic N) is 3. The first kappa shape index (κ1) is 17.0. The quantitative estimate of drug-likeness (QED) is 0.667. The molecule has 3 aromatic rings. The Morgan fingerprint density at radius 2 is 2.04 bits per heavy atom. The van der Waals surface area contributed by atoms with Gasteiger partial charge in [-0.15, -0.1) is 24.0 Å². The van der Waals surface area contributed by atoms with Crippen molar-refractivity contribution < 1.29 is 4.79 Å². The number of rotatable bonds is 2. The Kier molecular flexibility index (Phi) is 4.21. The lowest BCUT2D eigenvalue weighted by Gasteiger charge is -2.34. The molecule has 0 spiro atoms. The van der Waals surface area contributed by atoms with Crippen molar-refractivity contribution in [1.29, 1.82) is 0 Å². The number of thiophene rings is 1. The van der Waals surface area contributed by atoms with Crippen molar-refractivity contribution in [2.75, 3.05) is 4.90 Å². The first-order chi connectivity index (χ1) is 11.2. The monoisotopic (exact) mass is 359 g/mol. The molecule has 0 bridgehead atoms. The zero-order valence-corrected chi connectivity index (χ0v) is 16.2. The van der Waals surface area contributed by atoms with Crippen LogP contribution < -0.4 is 4.90 Å². The van der Waals surface area contributed by atoms with Crippen LogP contribution in [0.2, 0.25) is 0 Å². The molecule has 3 aromatic heterocycles. The first-order valence-electron chi connectivity index (χ1n) is 7.78. The predicted molar refractivity (Wildman–Crippen MR) is 103 cm³/mol. The molecule has 1 amide bonds. The van der Waals surface area contributed by atoms with E-state index in [0.29, 0.717) is 0 Å². The van der Waals surface area contributed by atoms with Gasteiger partial charge in [0.2, 0.25) is 5.91 Å². The van der Waals surface area contributed by atoms with Crippen LogP contribution in [0, 0.1) is 6.92 Å². The van der Waals surface area contributed by atoms with Crippen molar-refractivity contribution in [3.8, 4) is 10.6 Å². The maximum atomic E-state index is 12.5. The molecule has 0 unspecified atom stereocenters. The minimum atomic E-state index is -0.366. The number of thiol groups is 1. The van der Waals surface area contributed by atoms with Crippen molar-refractivity contribution in [1.82, 2.24) is 9.38 Å². The van der Waals surface area contributed by atoms with Crippen LogP contribution in [-0.2, 0) is 4.79 Å². The molecule has 24 heavy (non-hydrogen) atoms. The Balaban J connectivity index is 2.38. The van der Waals surface area contributed by atoms with Gasteiger partial charge in [0.1, 0.15) is 17.2 Å². The summed E-state index contributed by atoms with van der Waals surface area (Å²) in [6, 6.07) is 7.88. The van der Waals surface area contributed by atoms with Crippen LogP contribution in [-0.4, -0.2) is 20.8 Å². The summed E-state index contributed by atoms with van der Waals surface area (Å²) in [5.41, 5.74) is 1.25. The third-order valence-electron chi connectivity index (χ3n) is 3.75. The normalized spacial score (nSPS) is 11.9. The van der Waals surface area contributed by atoms with Crippen LogP contribution in [0.25, 0.3) is 16.2 Å². The molecular formula is C18H21N3OS2. The second-order valence-corrected chi connectivity index (χ2v) is 8.55. The van der Waals surface area contributed by atoms with Gasteiger partial charge in [0.25, 0.3) is 0 Å². The molecule has 0 radical (unpaired) electrons. The second-order valence-electron chi connectivity index (χ2n) is 6.81. The SMILES string of the molecule is CC(=O)N(c1c(-c2sc(C)cc2S)nc2ccccn12)C(C)(C)C. The van der Waals surface area contributed by atoms with E-state index in [1.165, 1.54) is 4.88 Å². The third-order valence-corrected chi connectivity index (χ3v) is 5.31. The van der Waals surface area contributed by atoms with Crippen LogP contribution in [0.15, 0.2) is 35.4 Å². The summed E-state index contributed by atoms with van der Waals surface area (Å²) < 4.78 is 1.98. The van der Waals surface area contributed by atoms with Gasteiger partial charge in [-0.3, -0.25) is 14.1 Å². The van der Waals surface area contributed by atoms with Gasteiger partial charge in [0, 0.05) is 28.4 Å². The maximum Gasteiger partial charge on any atom is 0.225 e. The number of anilines is 1.